The standard InChI is InChI=1S/C7H12ClO3/c1-6(2,10)7(3,4)11-5(8)9/h1-4H3/q-1. The van der Waals surface area contributed by atoms with Gasteiger partial charge in [0.25, 0.3) is 0 Å². The van der Waals surface area contributed by atoms with Crippen molar-refractivity contribution in [1.29, 1.82) is 0 Å². The van der Waals surface area contributed by atoms with Gasteiger partial charge >= 0.3 is 5.43 Å². The molecule has 0 saturated heterocycles. The Labute approximate surface area is 71.3 Å². The smallest absolute Gasteiger partial charge is 0.404 e. The molecule has 0 aromatic rings. The molecule has 0 heterocycles. The predicted octanol–water partition coefficient (Wildman–Crippen LogP) is 1.28. The molecule has 0 N–H and O–H groups in total. The van der Waals surface area contributed by atoms with Crippen LogP contribution in [0.5, 0.6) is 0 Å². The van der Waals surface area contributed by atoms with Crippen LogP contribution >= 0.6 is 11.6 Å². The molecule has 0 bridgehead atoms. The van der Waals surface area contributed by atoms with E-state index in [1.165, 1.54) is 27.7 Å². The predicted molar refractivity (Wildman–Crippen MR) is 40.5 cm³/mol. The highest BCUT2D eigenvalue weighted by atomic mass is 35.5. The van der Waals surface area contributed by atoms with Gasteiger partial charge in [0, 0.05) is 11.6 Å². The number of rotatable bonds is 2. The van der Waals surface area contributed by atoms with E-state index in [2.05, 4.69) is 4.74 Å². The Morgan fingerprint density at radius 1 is 1.36 bits per heavy atom. The van der Waals surface area contributed by atoms with E-state index in [0.29, 0.717) is 0 Å². The second kappa shape index (κ2) is 2.99. The van der Waals surface area contributed by atoms with E-state index < -0.39 is 16.6 Å². The van der Waals surface area contributed by atoms with E-state index in [4.69, 9.17) is 11.6 Å². The van der Waals surface area contributed by atoms with E-state index >= 15 is 0 Å². The van der Waals surface area contributed by atoms with Crippen molar-refractivity contribution in [3.8, 4) is 0 Å². The van der Waals surface area contributed by atoms with Crippen LogP contribution in [0.4, 0.5) is 4.79 Å². The van der Waals surface area contributed by atoms with Gasteiger partial charge in [0.2, 0.25) is 0 Å². The van der Waals surface area contributed by atoms with Gasteiger partial charge in [-0.25, -0.2) is 4.79 Å². The molecular formula is C7H12ClO3-. The quantitative estimate of drug-likeness (QED) is 0.600. The second-order valence-electron chi connectivity index (χ2n) is 3.36. The van der Waals surface area contributed by atoms with Gasteiger partial charge in [-0.15, -0.1) is 0 Å². The van der Waals surface area contributed by atoms with Gasteiger partial charge in [0.1, 0.15) is 0 Å². The third-order valence-corrected chi connectivity index (χ3v) is 1.86. The van der Waals surface area contributed by atoms with Crippen molar-refractivity contribution in [2.75, 3.05) is 0 Å². The molecule has 0 saturated carbocycles. The number of hydrogen-bond acceptors (Lipinski definition) is 3. The van der Waals surface area contributed by atoms with Crippen molar-refractivity contribution in [2.45, 2.75) is 38.9 Å². The van der Waals surface area contributed by atoms with Crippen LogP contribution in [0.25, 0.3) is 0 Å². The summed E-state index contributed by atoms with van der Waals surface area (Å²) in [5.74, 6) is 0. The molecule has 0 radical (unpaired) electrons. The fourth-order valence-corrected chi connectivity index (χ4v) is 0.516. The molecule has 66 valence electrons. The maximum atomic E-state index is 11.3. The normalized spacial score (nSPS) is 12.9. The first-order valence-electron chi connectivity index (χ1n) is 3.26. The molecule has 0 unspecified atom stereocenters. The Kier molecular flexibility index (Phi) is 2.91. The number of carbonyl (C=O) groups excluding carboxylic acids is 1. The highest BCUT2D eigenvalue weighted by Gasteiger charge is 2.30. The van der Waals surface area contributed by atoms with E-state index in [1.807, 2.05) is 0 Å². The van der Waals surface area contributed by atoms with Crippen LogP contribution in [0, 0.1) is 0 Å². The average Bonchev–Trinajstić information content (AvgIpc) is 1.56. The van der Waals surface area contributed by atoms with Crippen molar-refractivity contribution in [3.63, 3.8) is 0 Å². The number of carbonyl (C=O) groups is 1. The maximum absolute atomic E-state index is 11.3. The minimum Gasteiger partial charge on any atom is -0.847 e. The molecule has 3 nitrogen and oxygen atoms in total. The fourth-order valence-electron chi connectivity index (χ4n) is 0.324. The Balaban J connectivity index is 4.34. The van der Waals surface area contributed by atoms with Crippen LogP contribution < -0.4 is 5.11 Å². The molecule has 0 aromatic carbocycles. The van der Waals surface area contributed by atoms with Gasteiger partial charge in [0.15, 0.2) is 0 Å². The lowest BCUT2D eigenvalue weighted by molar-refractivity contribution is -0.496. The number of ether oxygens (including phenoxy) is 1. The van der Waals surface area contributed by atoms with Gasteiger partial charge in [-0.05, 0) is 13.8 Å². The van der Waals surface area contributed by atoms with E-state index in [1.54, 1.807) is 0 Å². The summed E-state index contributed by atoms with van der Waals surface area (Å²) in [4.78, 5) is 10.3. The molecule has 0 amide bonds. The van der Waals surface area contributed by atoms with Crippen molar-refractivity contribution < 1.29 is 14.6 Å². The Hall–Kier alpha value is -0.280. The Morgan fingerprint density at radius 3 is 1.82 bits per heavy atom. The van der Waals surface area contributed by atoms with E-state index in [-0.39, 0.29) is 0 Å². The highest BCUT2D eigenvalue weighted by molar-refractivity contribution is 6.61. The molecule has 0 aromatic heterocycles. The van der Waals surface area contributed by atoms with E-state index in [0.717, 1.165) is 0 Å². The monoisotopic (exact) mass is 179 g/mol. The highest BCUT2D eigenvalue weighted by Crippen LogP contribution is 2.23. The Morgan fingerprint density at radius 2 is 1.73 bits per heavy atom. The SMILES string of the molecule is CC(C)([O-])C(C)(C)OC(=O)Cl. The van der Waals surface area contributed by atoms with Crippen molar-refractivity contribution in [2.24, 2.45) is 0 Å². The van der Waals surface area contributed by atoms with Crippen LogP contribution in [0.2, 0.25) is 0 Å². The van der Waals surface area contributed by atoms with Crippen molar-refractivity contribution in [3.05, 3.63) is 0 Å². The van der Waals surface area contributed by atoms with Crippen LogP contribution in [0.1, 0.15) is 27.7 Å². The summed E-state index contributed by atoms with van der Waals surface area (Å²) < 4.78 is 4.62. The molecule has 0 rings (SSSR count). The molecule has 0 spiro atoms. The summed E-state index contributed by atoms with van der Waals surface area (Å²) in [6, 6.07) is 0. The van der Waals surface area contributed by atoms with Gasteiger partial charge in [-0.2, -0.15) is 0 Å². The number of hydrogen-bond donors (Lipinski definition) is 0. The largest absolute Gasteiger partial charge is 0.847 e. The van der Waals surface area contributed by atoms with Gasteiger partial charge in [-0.3, -0.25) is 0 Å². The first-order valence-corrected chi connectivity index (χ1v) is 3.63. The van der Waals surface area contributed by atoms with Crippen molar-refractivity contribution in [1.82, 2.24) is 0 Å². The van der Waals surface area contributed by atoms with Crippen molar-refractivity contribution >= 4 is 17.0 Å². The third-order valence-electron chi connectivity index (χ3n) is 1.79. The van der Waals surface area contributed by atoms with E-state index in [9.17, 15) is 9.90 Å². The summed E-state index contributed by atoms with van der Waals surface area (Å²) in [7, 11) is 0. The third kappa shape index (κ3) is 3.08. The van der Waals surface area contributed by atoms with Crippen LogP contribution in [0.3, 0.4) is 0 Å². The van der Waals surface area contributed by atoms with Gasteiger partial charge in [0.05, 0.1) is 5.60 Å². The molecule has 11 heavy (non-hydrogen) atoms. The topological polar surface area (TPSA) is 49.4 Å². The Bertz CT molecular complexity index is 158. The van der Waals surface area contributed by atoms with Crippen LogP contribution in [0.15, 0.2) is 0 Å². The number of halogens is 1. The molecule has 4 heteroatoms. The minimum atomic E-state index is -1.35. The molecule has 0 atom stereocenters. The summed E-state index contributed by atoms with van der Waals surface area (Å²) in [5, 5.41) is 11.3. The zero-order valence-corrected chi connectivity index (χ0v) is 7.86. The van der Waals surface area contributed by atoms with Crippen LogP contribution in [-0.2, 0) is 4.74 Å². The fraction of sp³-hybridized carbons (Fsp3) is 0.857. The summed E-state index contributed by atoms with van der Waals surface area (Å²) in [5.41, 5.74) is -3.37. The lowest BCUT2D eigenvalue weighted by atomic mass is 9.90. The summed E-state index contributed by atoms with van der Waals surface area (Å²) >= 11 is 4.97. The first kappa shape index (κ1) is 10.7. The minimum absolute atomic E-state index is 0.945. The lowest BCUT2D eigenvalue weighted by Gasteiger charge is -2.46. The summed E-state index contributed by atoms with van der Waals surface area (Å²) in [6.07, 6.45) is 0. The van der Waals surface area contributed by atoms with Gasteiger partial charge in [-0.1, -0.05) is 19.4 Å². The second-order valence-corrected chi connectivity index (χ2v) is 3.67. The molecule has 0 aliphatic carbocycles. The summed E-state index contributed by atoms with van der Waals surface area (Å²) in [6.45, 7) is 5.93. The molecule has 0 fully saturated rings. The maximum Gasteiger partial charge on any atom is 0.404 e. The molecule has 0 aliphatic rings. The lowest BCUT2D eigenvalue weighted by Crippen LogP contribution is -2.57. The zero-order valence-electron chi connectivity index (χ0n) is 7.10. The first-order chi connectivity index (χ1) is 4.67. The zero-order chi connectivity index (χ0) is 9.28. The van der Waals surface area contributed by atoms with Crippen LogP contribution in [-0.4, -0.2) is 16.6 Å². The average molecular weight is 180 g/mol. The molecule has 0 aliphatic heterocycles. The molecular weight excluding hydrogens is 168 g/mol. The van der Waals surface area contributed by atoms with Gasteiger partial charge < -0.3 is 9.84 Å².